The second kappa shape index (κ2) is 8.67. The molecular formula is C18H22N2O4. The van der Waals surface area contributed by atoms with Crippen LogP contribution in [0.25, 0.3) is 0 Å². The third-order valence-electron chi connectivity index (χ3n) is 3.43. The van der Waals surface area contributed by atoms with Gasteiger partial charge in [-0.15, -0.1) is 0 Å². The molecule has 2 aromatic carbocycles. The molecule has 0 unspecified atom stereocenters. The smallest absolute Gasteiger partial charge is 0.226 e. The highest BCUT2D eigenvalue weighted by molar-refractivity contribution is 5.92. The molecule has 2 aromatic rings. The first-order valence-electron chi connectivity index (χ1n) is 7.56. The summed E-state index contributed by atoms with van der Waals surface area (Å²) in [6.45, 7) is 0.505. The van der Waals surface area contributed by atoms with E-state index < -0.39 is 0 Å². The van der Waals surface area contributed by atoms with Crippen molar-refractivity contribution in [1.29, 1.82) is 0 Å². The number of amides is 1. The van der Waals surface area contributed by atoms with Crippen molar-refractivity contribution >= 4 is 17.3 Å². The van der Waals surface area contributed by atoms with E-state index in [1.165, 1.54) is 0 Å². The van der Waals surface area contributed by atoms with Gasteiger partial charge in [0.2, 0.25) is 5.91 Å². The van der Waals surface area contributed by atoms with Crippen LogP contribution in [0.2, 0.25) is 0 Å². The summed E-state index contributed by atoms with van der Waals surface area (Å²) in [6, 6.07) is 12.8. The first-order chi connectivity index (χ1) is 11.7. The van der Waals surface area contributed by atoms with Crippen LogP contribution < -0.4 is 24.8 Å². The van der Waals surface area contributed by atoms with Gasteiger partial charge in [-0.1, -0.05) is 6.07 Å². The highest BCUT2D eigenvalue weighted by atomic mass is 16.5. The highest BCUT2D eigenvalue weighted by Crippen LogP contribution is 2.28. The zero-order chi connectivity index (χ0) is 17.4. The Kier molecular flexibility index (Phi) is 6.31. The average molecular weight is 330 g/mol. The van der Waals surface area contributed by atoms with E-state index in [-0.39, 0.29) is 5.91 Å². The second-order valence-electron chi connectivity index (χ2n) is 5.02. The zero-order valence-corrected chi connectivity index (χ0v) is 14.1. The van der Waals surface area contributed by atoms with Crippen molar-refractivity contribution in [3.05, 3.63) is 42.5 Å². The topological polar surface area (TPSA) is 68.8 Å². The molecule has 0 spiro atoms. The van der Waals surface area contributed by atoms with Gasteiger partial charge >= 0.3 is 0 Å². The third kappa shape index (κ3) is 4.81. The Morgan fingerprint density at radius 2 is 1.71 bits per heavy atom. The molecule has 1 amide bonds. The molecule has 128 valence electrons. The summed E-state index contributed by atoms with van der Waals surface area (Å²) in [5.74, 6) is 1.90. The Labute approximate surface area is 141 Å². The van der Waals surface area contributed by atoms with Crippen molar-refractivity contribution in [3.63, 3.8) is 0 Å². The molecule has 0 atom stereocenters. The fourth-order valence-corrected chi connectivity index (χ4v) is 2.18. The number of hydrogen-bond donors (Lipinski definition) is 2. The lowest BCUT2D eigenvalue weighted by atomic mass is 10.2. The summed E-state index contributed by atoms with van der Waals surface area (Å²) >= 11 is 0. The number of carbonyl (C=O) groups is 1. The van der Waals surface area contributed by atoms with Gasteiger partial charge < -0.3 is 24.8 Å². The summed E-state index contributed by atoms with van der Waals surface area (Å²) in [6.07, 6.45) is 0.317. The van der Waals surface area contributed by atoms with Crippen LogP contribution in [0.4, 0.5) is 11.4 Å². The Morgan fingerprint density at radius 3 is 2.42 bits per heavy atom. The number of nitrogens with one attached hydrogen (secondary N) is 2. The summed E-state index contributed by atoms with van der Waals surface area (Å²) in [7, 11) is 4.75. The number of hydrogen-bond acceptors (Lipinski definition) is 5. The monoisotopic (exact) mass is 330 g/mol. The first kappa shape index (κ1) is 17.5. The Morgan fingerprint density at radius 1 is 0.958 bits per heavy atom. The van der Waals surface area contributed by atoms with E-state index in [1.54, 1.807) is 39.5 Å². The lowest BCUT2D eigenvalue weighted by Gasteiger charge is -2.12. The van der Waals surface area contributed by atoms with Gasteiger partial charge in [-0.05, 0) is 24.3 Å². The molecular weight excluding hydrogens is 308 g/mol. The minimum absolute atomic E-state index is 0.114. The molecule has 0 aromatic heterocycles. The molecule has 0 saturated carbocycles. The van der Waals surface area contributed by atoms with Crippen LogP contribution in [0.15, 0.2) is 42.5 Å². The number of methoxy groups -OCH3 is 3. The fraction of sp³-hybridized carbons (Fsp3) is 0.278. The van der Waals surface area contributed by atoms with E-state index in [0.29, 0.717) is 30.2 Å². The molecule has 2 N–H and O–H groups in total. The predicted octanol–water partition coefficient (Wildman–Crippen LogP) is 3.15. The maximum atomic E-state index is 12.1. The van der Waals surface area contributed by atoms with Gasteiger partial charge in [0, 0.05) is 30.8 Å². The number of anilines is 2. The van der Waals surface area contributed by atoms with Crippen molar-refractivity contribution in [2.45, 2.75) is 6.42 Å². The largest absolute Gasteiger partial charge is 0.497 e. The Bertz CT molecular complexity index is 688. The van der Waals surface area contributed by atoms with Crippen LogP contribution in [-0.2, 0) is 4.79 Å². The Hall–Kier alpha value is -2.89. The van der Waals surface area contributed by atoms with Gasteiger partial charge in [0.05, 0.1) is 27.0 Å². The summed E-state index contributed by atoms with van der Waals surface area (Å²) < 4.78 is 15.6. The standard InChI is InChI=1S/C18H22N2O4/c1-22-14-6-4-5-13(11-14)19-10-9-18(21)20-16-12-15(23-2)7-8-17(16)24-3/h4-8,11-12,19H,9-10H2,1-3H3,(H,20,21). The number of ether oxygens (including phenoxy) is 3. The fourth-order valence-electron chi connectivity index (χ4n) is 2.18. The molecule has 0 aliphatic heterocycles. The minimum atomic E-state index is -0.114. The number of carbonyl (C=O) groups excluding carboxylic acids is 1. The second-order valence-corrected chi connectivity index (χ2v) is 5.02. The summed E-state index contributed by atoms with van der Waals surface area (Å²) in [5.41, 5.74) is 1.49. The quantitative estimate of drug-likeness (QED) is 0.778. The molecule has 24 heavy (non-hydrogen) atoms. The van der Waals surface area contributed by atoms with Crippen LogP contribution in [-0.4, -0.2) is 33.8 Å². The van der Waals surface area contributed by atoms with E-state index in [0.717, 1.165) is 11.4 Å². The van der Waals surface area contributed by atoms with E-state index in [2.05, 4.69) is 10.6 Å². The molecule has 6 nitrogen and oxygen atoms in total. The molecule has 0 fully saturated rings. The summed E-state index contributed by atoms with van der Waals surface area (Å²) in [4.78, 5) is 12.1. The van der Waals surface area contributed by atoms with E-state index in [1.807, 2.05) is 24.3 Å². The molecule has 0 saturated heterocycles. The molecule has 0 aliphatic carbocycles. The van der Waals surface area contributed by atoms with Crippen molar-refractivity contribution in [3.8, 4) is 17.2 Å². The maximum Gasteiger partial charge on any atom is 0.226 e. The van der Waals surface area contributed by atoms with Gasteiger partial charge in [-0.3, -0.25) is 4.79 Å². The van der Waals surface area contributed by atoms with Gasteiger partial charge in [0.1, 0.15) is 17.2 Å². The third-order valence-corrected chi connectivity index (χ3v) is 3.43. The van der Waals surface area contributed by atoms with Gasteiger partial charge in [-0.2, -0.15) is 0 Å². The van der Waals surface area contributed by atoms with E-state index >= 15 is 0 Å². The van der Waals surface area contributed by atoms with Crippen LogP contribution in [0.3, 0.4) is 0 Å². The molecule has 6 heteroatoms. The minimum Gasteiger partial charge on any atom is -0.497 e. The lowest BCUT2D eigenvalue weighted by molar-refractivity contribution is -0.115. The van der Waals surface area contributed by atoms with Crippen LogP contribution in [0, 0.1) is 0 Å². The molecule has 2 rings (SSSR count). The van der Waals surface area contributed by atoms with Gasteiger partial charge in [0.15, 0.2) is 0 Å². The predicted molar refractivity (Wildman–Crippen MR) is 94.3 cm³/mol. The Balaban J connectivity index is 1.89. The normalized spacial score (nSPS) is 9.96. The van der Waals surface area contributed by atoms with Crippen molar-refractivity contribution in [2.75, 3.05) is 38.5 Å². The average Bonchev–Trinajstić information content (AvgIpc) is 2.61. The first-order valence-corrected chi connectivity index (χ1v) is 7.56. The molecule has 0 radical (unpaired) electrons. The SMILES string of the molecule is COc1cccc(NCCC(=O)Nc2cc(OC)ccc2OC)c1. The molecule has 0 aliphatic rings. The highest BCUT2D eigenvalue weighted by Gasteiger charge is 2.09. The van der Waals surface area contributed by atoms with Gasteiger partial charge in [-0.25, -0.2) is 0 Å². The van der Waals surface area contributed by atoms with Crippen molar-refractivity contribution < 1.29 is 19.0 Å². The van der Waals surface area contributed by atoms with Crippen molar-refractivity contribution in [1.82, 2.24) is 0 Å². The molecule has 0 heterocycles. The van der Waals surface area contributed by atoms with Crippen LogP contribution >= 0.6 is 0 Å². The summed E-state index contributed by atoms with van der Waals surface area (Å²) in [5, 5.41) is 6.03. The lowest BCUT2D eigenvalue weighted by Crippen LogP contribution is -2.16. The number of rotatable bonds is 8. The van der Waals surface area contributed by atoms with E-state index in [4.69, 9.17) is 14.2 Å². The molecule has 0 bridgehead atoms. The van der Waals surface area contributed by atoms with E-state index in [9.17, 15) is 4.79 Å². The maximum absolute atomic E-state index is 12.1. The zero-order valence-electron chi connectivity index (χ0n) is 14.1. The number of benzene rings is 2. The van der Waals surface area contributed by atoms with Gasteiger partial charge in [0.25, 0.3) is 0 Å². The van der Waals surface area contributed by atoms with Crippen LogP contribution in [0.1, 0.15) is 6.42 Å². The van der Waals surface area contributed by atoms with Crippen LogP contribution in [0.5, 0.6) is 17.2 Å². The van der Waals surface area contributed by atoms with Crippen molar-refractivity contribution in [2.24, 2.45) is 0 Å².